The summed E-state index contributed by atoms with van der Waals surface area (Å²) in [5.74, 6) is -3.37. The largest absolute Gasteiger partial charge is 0.444 e. The van der Waals surface area contributed by atoms with E-state index in [-0.39, 0.29) is 44.8 Å². The lowest BCUT2D eigenvalue weighted by Gasteiger charge is -2.30. The van der Waals surface area contributed by atoms with Gasteiger partial charge in [-0.3, -0.25) is 24.0 Å². The molecule has 56 heavy (non-hydrogen) atoms. The van der Waals surface area contributed by atoms with Crippen LogP contribution >= 0.6 is 0 Å². The SMILES string of the molecule is Cc1cccc(CS(=O)(=O)NC(=O)[C@@]23C[C@H]2CCCCCCC[C@H](NC(=O)OC(C)(C)C)C(=O)N2C[C@H](OC(=O)N4Cc5cccc(F)c5C4)C[C@H]2C(=O)N3)c1. The van der Waals surface area contributed by atoms with E-state index in [2.05, 4.69) is 15.4 Å². The van der Waals surface area contributed by atoms with Crippen LogP contribution in [-0.4, -0.2) is 84.0 Å². The van der Waals surface area contributed by atoms with Gasteiger partial charge in [0.25, 0.3) is 5.91 Å². The highest BCUT2D eigenvalue weighted by Crippen LogP contribution is 2.48. The van der Waals surface area contributed by atoms with Crippen molar-refractivity contribution in [1.82, 2.24) is 25.2 Å². The molecule has 6 rings (SSSR count). The number of aryl methyl sites for hydroxylation is 1. The number of sulfonamides is 1. The summed E-state index contributed by atoms with van der Waals surface area (Å²) in [5, 5.41) is 5.53. The minimum Gasteiger partial charge on any atom is -0.444 e. The number of hydrogen-bond acceptors (Lipinski definition) is 9. The first-order valence-electron chi connectivity index (χ1n) is 19.4. The van der Waals surface area contributed by atoms with E-state index in [1.165, 1.54) is 15.9 Å². The molecule has 0 unspecified atom stereocenters. The van der Waals surface area contributed by atoms with E-state index in [0.717, 1.165) is 31.2 Å². The highest BCUT2D eigenvalue weighted by atomic mass is 32.2. The third kappa shape index (κ3) is 9.79. The van der Waals surface area contributed by atoms with Crippen molar-refractivity contribution >= 4 is 39.9 Å². The van der Waals surface area contributed by atoms with Gasteiger partial charge in [0.2, 0.25) is 21.8 Å². The van der Waals surface area contributed by atoms with E-state index >= 15 is 0 Å². The first-order chi connectivity index (χ1) is 26.4. The Morgan fingerprint density at radius 3 is 2.43 bits per heavy atom. The van der Waals surface area contributed by atoms with Crippen molar-refractivity contribution in [3.63, 3.8) is 0 Å². The fourth-order valence-corrected chi connectivity index (χ4v) is 9.19. The number of carbonyl (C=O) groups excluding carboxylic acids is 5. The number of benzene rings is 2. The molecular formula is C40H52FN5O9S. The zero-order valence-corrected chi connectivity index (χ0v) is 33.2. The summed E-state index contributed by atoms with van der Waals surface area (Å²) in [6.45, 7) is 6.85. The van der Waals surface area contributed by atoms with Crippen LogP contribution in [0.4, 0.5) is 14.0 Å². The third-order valence-corrected chi connectivity index (χ3v) is 12.1. The number of halogens is 1. The van der Waals surface area contributed by atoms with Gasteiger partial charge in [-0.15, -0.1) is 0 Å². The van der Waals surface area contributed by atoms with Gasteiger partial charge in [0, 0.05) is 18.5 Å². The summed E-state index contributed by atoms with van der Waals surface area (Å²) in [7, 11) is -4.16. The van der Waals surface area contributed by atoms with E-state index in [9.17, 15) is 36.8 Å². The van der Waals surface area contributed by atoms with Crippen molar-refractivity contribution in [2.75, 3.05) is 6.54 Å². The zero-order valence-electron chi connectivity index (χ0n) is 32.4. The number of rotatable bonds is 6. The molecule has 16 heteroatoms. The van der Waals surface area contributed by atoms with Gasteiger partial charge in [-0.1, -0.05) is 74.1 Å². The van der Waals surface area contributed by atoms with Gasteiger partial charge in [-0.05, 0) is 70.1 Å². The molecule has 3 fully saturated rings. The van der Waals surface area contributed by atoms with Crippen molar-refractivity contribution in [3.8, 4) is 0 Å². The van der Waals surface area contributed by atoms with Crippen LogP contribution in [0.3, 0.4) is 0 Å². The summed E-state index contributed by atoms with van der Waals surface area (Å²) >= 11 is 0. The predicted molar refractivity (Wildman–Crippen MR) is 202 cm³/mol. The van der Waals surface area contributed by atoms with Crippen molar-refractivity contribution in [2.45, 2.75) is 134 Å². The van der Waals surface area contributed by atoms with Crippen LogP contribution in [0.1, 0.15) is 101 Å². The molecular weight excluding hydrogens is 746 g/mol. The van der Waals surface area contributed by atoms with Crippen LogP contribution < -0.4 is 15.4 Å². The van der Waals surface area contributed by atoms with Crippen LogP contribution in [0.2, 0.25) is 0 Å². The van der Waals surface area contributed by atoms with Crippen LogP contribution in [0.5, 0.6) is 0 Å². The normalized spacial score (nSPS) is 25.7. The molecule has 0 aromatic heterocycles. The Balaban J connectivity index is 1.24. The number of ether oxygens (including phenoxy) is 2. The quantitative estimate of drug-likeness (QED) is 0.373. The highest BCUT2D eigenvalue weighted by molar-refractivity contribution is 7.89. The second kappa shape index (κ2) is 16.4. The summed E-state index contributed by atoms with van der Waals surface area (Å²) in [6, 6.07) is 9.23. The Bertz CT molecular complexity index is 1970. The second-order valence-corrected chi connectivity index (χ2v) is 18.3. The maximum Gasteiger partial charge on any atom is 0.410 e. The van der Waals surface area contributed by atoms with Crippen LogP contribution in [0.25, 0.3) is 0 Å². The Hall–Kier alpha value is -4.73. The topological polar surface area (TPSA) is 181 Å². The Morgan fingerprint density at radius 2 is 1.71 bits per heavy atom. The average Bonchev–Trinajstić information content (AvgIpc) is 3.40. The van der Waals surface area contributed by atoms with Gasteiger partial charge < -0.3 is 25.0 Å². The Morgan fingerprint density at radius 1 is 1.00 bits per heavy atom. The van der Waals surface area contributed by atoms with Gasteiger partial charge in [0.05, 0.1) is 18.8 Å². The first-order valence-corrected chi connectivity index (χ1v) is 21.0. The van der Waals surface area contributed by atoms with Gasteiger partial charge >= 0.3 is 12.2 Å². The van der Waals surface area contributed by atoms with E-state index in [1.807, 2.05) is 13.0 Å². The minimum absolute atomic E-state index is 0.00614. The molecule has 4 aliphatic rings. The summed E-state index contributed by atoms with van der Waals surface area (Å²) < 4.78 is 54.5. The summed E-state index contributed by atoms with van der Waals surface area (Å²) in [4.78, 5) is 71.7. The van der Waals surface area contributed by atoms with Crippen LogP contribution in [0.15, 0.2) is 42.5 Å². The van der Waals surface area contributed by atoms with E-state index in [0.29, 0.717) is 29.5 Å². The number of carbonyl (C=O) groups is 5. The third-order valence-electron chi connectivity index (χ3n) is 10.9. The van der Waals surface area contributed by atoms with Gasteiger partial charge in [-0.25, -0.2) is 22.4 Å². The molecule has 1 saturated carbocycles. The van der Waals surface area contributed by atoms with E-state index in [1.54, 1.807) is 51.1 Å². The highest BCUT2D eigenvalue weighted by Gasteiger charge is 2.62. The maximum atomic E-state index is 14.5. The number of nitrogens with one attached hydrogen (secondary N) is 3. The second-order valence-electron chi connectivity index (χ2n) is 16.6. The fraction of sp³-hybridized carbons (Fsp3) is 0.575. The number of hydrogen-bond donors (Lipinski definition) is 3. The van der Waals surface area contributed by atoms with Crippen LogP contribution in [0, 0.1) is 18.7 Å². The molecule has 0 spiro atoms. The molecule has 2 aromatic rings. The average molecular weight is 798 g/mol. The number of amides is 5. The standard InChI is InChI=1S/C40H52FN5O9S/c1-25-12-10-13-26(18-25)24-56(52,53)44-36(49)40-20-28(40)15-8-6-5-7-9-17-32(42-37(50)55-39(2,3)4)35(48)46-22-29(19-33(46)34(47)43-40)54-38(51)45-21-27-14-11-16-31(41)30(27)23-45/h10-14,16,18,28-29,32-33H,5-9,15,17,19-24H2,1-4H3,(H,42,50)(H,43,47)(H,44,49)/t28-,29-,32+,33+,40-/m1/s1. The Labute approximate surface area is 327 Å². The summed E-state index contributed by atoms with van der Waals surface area (Å²) in [6.07, 6.45) is 2.12. The lowest BCUT2D eigenvalue weighted by Crippen LogP contribution is -2.58. The van der Waals surface area contributed by atoms with Crippen LogP contribution in [-0.2, 0) is 52.7 Å². The predicted octanol–water partition coefficient (Wildman–Crippen LogP) is 4.71. The molecule has 2 aromatic carbocycles. The number of nitrogens with zero attached hydrogens (tertiary/aromatic N) is 2. The minimum atomic E-state index is -4.16. The number of alkyl carbamates (subject to hydrolysis) is 1. The van der Waals surface area contributed by atoms with Gasteiger partial charge in [-0.2, -0.15) is 0 Å². The zero-order chi connectivity index (χ0) is 40.4. The Kier molecular flexibility index (Phi) is 12.0. The first kappa shape index (κ1) is 40.9. The summed E-state index contributed by atoms with van der Waals surface area (Å²) in [5.41, 5.74) is 0.0117. The lowest BCUT2D eigenvalue weighted by atomic mass is 10.0. The van der Waals surface area contributed by atoms with Crippen molar-refractivity contribution in [3.05, 3.63) is 70.5 Å². The molecule has 14 nitrogen and oxygen atoms in total. The molecule has 1 aliphatic carbocycles. The maximum absolute atomic E-state index is 14.5. The molecule has 304 valence electrons. The van der Waals surface area contributed by atoms with Crippen molar-refractivity contribution in [2.24, 2.45) is 5.92 Å². The molecule has 2 saturated heterocycles. The van der Waals surface area contributed by atoms with E-state index in [4.69, 9.17) is 9.47 Å². The molecule has 5 amide bonds. The van der Waals surface area contributed by atoms with Crippen molar-refractivity contribution < 1.29 is 46.3 Å². The lowest BCUT2D eigenvalue weighted by molar-refractivity contribution is -0.141. The monoisotopic (exact) mass is 797 g/mol. The van der Waals surface area contributed by atoms with E-state index < -0.39 is 80.8 Å². The molecule has 0 bridgehead atoms. The van der Waals surface area contributed by atoms with Gasteiger partial charge in [0.15, 0.2) is 0 Å². The van der Waals surface area contributed by atoms with Gasteiger partial charge in [0.1, 0.15) is 35.1 Å². The molecule has 3 heterocycles. The number of fused-ring (bicyclic) bond motifs is 3. The molecule has 5 atom stereocenters. The smallest absolute Gasteiger partial charge is 0.410 e. The fourth-order valence-electron chi connectivity index (χ4n) is 8.04. The van der Waals surface area contributed by atoms with Crippen molar-refractivity contribution in [1.29, 1.82) is 0 Å². The molecule has 3 aliphatic heterocycles. The molecule has 0 radical (unpaired) electrons. The molecule has 3 N–H and O–H groups in total.